The highest BCUT2D eigenvalue weighted by Crippen LogP contribution is 2.33. The number of thiazole rings is 1. The maximum Gasteiger partial charge on any atom is 0.347 e. The number of carboxylic acid groups (broad SMARTS) is 1. The number of carbonyl (C=O) groups is 1. The summed E-state index contributed by atoms with van der Waals surface area (Å²) in [5.41, 5.74) is 1.53. The molecule has 6 heteroatoms. The first kappa shape index (κ1) is 14.8. The van der Waals surface area contributed by atoms with E-state index < -0.39 is 5.97 Å². The van der Waals surface area contributed by atoms with Crippen LogP contribution in [-0.4, -0.2) is 23.1 Å². The number of halogens is 1. The lowest BCUT2D eigenvalue weighted by Gasteiger charge is -2.25. The molecule has 0 bridgehead atoms. The van der Waals surface area contributed by atoms with Crippen LogP contribution in [0.5, 0.6) is 0 Å². The second kappa shape index (κ2) is 5.81. The molecule has 0 aliphatic carbocycles. The Morgan fingerprint density at radius 2 is 2.10 bits per heavy atom. The van der Waals surface area contributed by atoms with Crippen LogP contribution in [0.2, 0.25) is 5.02 Å². The van der Waals surface area contributed by atoms with E-state index in [9.17, 15) is 4.79 Å². The Bertz CT molecular complexity index is 642. The highest BCUT2D eigenvalue weighted by Gasteiger charge is 2.21. The molecule has 106 valence electrons. The van der Waals surface area contributed by atoms with Crippen molar-refractivity contribution in [1.29, 1.82) is 0 Å². The standard InChI is InChI=1S/C14H15ClN2O2S/c1-8-12(13(18)19)20-14(16-8)17(3)9(2)10-6-4-5-7-11(10)15/h4-7,9H,1-3H3,(H,18,19). The molecule has 0 radical (unpaired) electrons. The van der Waals surface area contributed by atoms with Crippen LogP contribution in [0.15, 0.2) is 24.3 Å². The summed E-state index contributed by atoms with van der Waals surface area (Å²) in [5.74, 6) is -0.940. The number of aromatic carboxylic acids is 1. The minimum absolute atomic E-state index is 0.0101. The number of rotatable bonds is 4. The number of hydrogen-bond acceptors (Lipinski definition) is 4. The molecular formula is C14H15ClN2O2S. The lowest BCUT2D eigenvalue weighted by atomic mass is 10.1. The van der Waals surface area contributed by atoms with E-state index in [1.807, 2.05) is 43.1 Å². The third-order valence-corrected chi connectivity index (χ3v) is 4.80. The number of anilines is 1. The Kier molecular flexibility index (Phi) is 4.30. The highest BCUT2D eigenvalue weighted by atomic mass is 35.5. The fourth-order valence-electron chi connectivity index (χ4n) is 1.92. The van der Waals surface area contributed by atoms with Crippen molar-refractivity contribution >= 4 is 34.0 Å². The maximum atomic E-state index is 11.1. The van der Waals surface area contributed by atoms with Crippen LogP contribution in [0, 0.1) is 6.92 Å². The van der Waals surface area contributed by atoms with E-state index >= 15 is 0 Å². The van der Waals surface area contributed by atoms with Crippen LogP contribution in [0.3, 0.4) is 0 Å². The van der Waals surface area contributed by atoms with Gasteiger partial charge in [-0.15, -0.1) is 0 Å². The monoisotopic (exact) mass is 310 g/mol. The molecule has 1 unspecified atom stereocenters. The van der Waals surface area contributed by atoms with E-state index in [0.29, 0.717) is 15.8 Å². The molecule has 0 aliphatic heterocycles. The molecule has 20 heavy (non-hydrogen) atoms. The minimum atomic E-state index is -0.940. The third kappa shape index (κ3) is 2.78. The Hall–Kier alpha value is -1.59. The number of carboxylic acids is 1. The summed E-state index contributed by atoms with van der Waals surface area (Å²) in [5, 5.41) is 10.5. The molecule has 0 amide bonds. The predicted octanol–water partition coefficient (Wildman–Crippen LogP) is 4.00. The van der Waals surface area contributed by atoms with Gasteiger partial charge in [-0.2, -0.15) is 0 Å². The molecule has 2 aromatic rings. The minimum Gasteiger partial charge on any atom is -0.477 e. The fraction of sp³-hybridized carbons (Fsp3) is 0.286. The second-order valence-electron chi connectivity index (χ2n) is 4.52. The van der Waals surface area contributed by atoms with E-state index in [2.05, 4.69) is 4.98 Å². The largest absolute Gasteiger partial charge is 0.477 e. The van der Waals surface area contributed by atoms with Crippen molar-refractivity contribution in [1.82, 2.24) is 4.98 Å². The summed E-state index contributed by atoms with van der Waals surface area (Å²) in [7, 11) is 1.89. The number of nitrogens with zero attached hydrogens (tertiary/aromatic N) is 2. The summed E-state index contributed by atoms with van der Waals surface area (Å²) in [6, 6.07) is 7.63. The summed E-state index contributed by atoms with van der Waals surface area (Å²) in [6.45, 7) is 3.72. The molecule has 0 aliphatic rings. The van der Waals surface area contributed by atoms with Gasteiger partial charge in [0.05, 0.1) is 11.7 Å². The first-order valence-corrected chi connectivity index (χ1v) is 7.29. The summed E-state index contributed by atoms with van der Waals surface area (Å²) < 4.78 is 0. The Morgan fingerprint density at radius 1 is 1.45 bits per heavy atom. The molecule has 1 heterocycles. The van der Waals surface area contributed by atoms with Gasteiger partial charge in [0, 0.05) is 12.1 Å². The van der Waals surface area contributed by atoms with Crippen molar-refractivity contribution in [2.75, 3.05) is 11.9 Å². The highest BCUT2D eigenvalue weighted by molar-refractivity contribution is 7.17. The molecule has 0 saturated carbocycles. The van der Waals surface area contributed by atoms with Gasteiger partial charge in [0.25, 0.3) is 0 Å². The Balaban J connectivity index is 2.32. The smallest absolute Gasteiger partial charge is 0.347 e. The third-order valence-electron chi connectivity index (χ3n) is 3.22. The van der Waals surface area contributed by atoms with Crippen LogP contribution >= 0.6 is 22.9 Å². The molecule has 1 aromatic carbocycles. The van der Waals surface area contributed by atoms with Crippen molar-refractivity contribution in [2.45, 2.75) is 19.9 Å². The molecular weight excluding hydrogens is 296 g/mol. The van der Waals surface area contributed by atoms with Crippen LogP contribution in [0.4, 0.5) is 5.13 Å². The number of benzene rings is 1. The van der Waals surface area contributed by atoms with Crippen LogP contribution in [-0.2, 0) is 0 Å². The number of hydrogen-bond donors (Lipinski definition) is 1. The number of aromatic nitrogens is 1. The van der Waals surface area contributed by atoms with E-state index in [1.165, 1.54) is 11.3 Å². The first-order chi connectivity index (χ1) is 9.41. The molecule has 0 spiro atoms. The summed E-state index contributed by atoms with van der Waals surface area (Å²) in [6.07, 6.45) is 0. The zero-order chi connectivity index (χ0) is 14.9. The van der Waals surface area contributed by atoms with Gasteiger partial charge >= 0.3 is 5.97 Å². The van der Waals surface area contributed by atoms with Crippen molar-refractivity contribution in [3.05, 3.63) is 45.4 Å². The van der Waals surface area contributed by atoms with Gasteiger partial charge in [-0.25, -0.2) is 9.78 Å². The molecule has 1 aromatic heterocycles. The normalized spacial score (nSPS) is 12.2. The molecule has 4 nitrogen and oxygen atoms in total. The van der Waals surface area contributed by atoms with Gasteiger partial charge in [0.2, 0.25) is 0 Å². The van der Waals surface area contributed by atoms with Crippen molar-refractivity contribution in [3.63, 3.8) is 0 Å². The molecule has 1 N–H and O–H groups in total. The van der Waals surface area contributed by atoms with Crippen LogP contribution in [0.25, 0.3) is 0 Å². The zero-order valence-electron chi connectivity index (χ0n) is 11.4. The van der Waals surface area contributed by atoms with Gasteiger partial charge in [-0.3, -0.25) is 0 Å². The number of aryl methyl sites for hydroxylation is 1. The average molecular weight is 311 g/mol. The molecule has 1 atom stereocenters. The maximum absolute atomic E-state index is 11.1. The molecule has 2 rings (SSSR count). The van der Waals surface area contributed by atoms with Gasteiger partial charge in [-0.05, 0) is 25.5 Å². The van der Waals surface area contributed by atoms with Gasteiger partial charge in [-0.1, -0.05) is 41.1 Å². The van der Waals surface area contributed by atoms with E-state index in [0.717, 1.165) is 5.56 Å². The summed E-state index contributed by atoms with van der Waals surface area (Å²) >= 11 is 7.38. The fourth-order valence-corrected chi connectivity index (χ4v) is 3.16. The van der Waals surface area contributed by atoms with Gasteiger partial charge in [0.1, 0.15) is 4.88 Å². The van der Waals surface area contributed by atoms with E-state index in [-0.39, 0.29) is 10.9 Å². The summed E-state index contributed by atoms with van der Waals surface area (Å²) in [4.78, 5) is 17.6. The topological polar surface area (TPSA) is 53.4 Å². The average Bonchev–Trinajstić information content (AvgIpc) is 2.80. The molecule has 0 saturated heterocycles. The van der Waals surface area contributed by atoms with Crippen molar-refractivity contribution in [2.24, 2.45) is 0 Å². The predicted molar refractivity (Wildman–Crippen MR) is 82.1 cm³/mol. The van der Waals surface area contributed by atoms with Gasteiger partial charge in [0.15, 0.2) is 5.13 Å². The van der Waals surface area contributed by atoms with E-state index in [1.54, 1.807) is 6.92 Å². The van der Waals surface area contributed by atoms with Crippen LogP contribution < -0.4 is 4.90 Å². The Morgan fingerprint density at radius 3 is 2.65 bits per heavy atom. The van der Waals surface area contributed by atoms with E-state index in [4.69, 9.17) is 16.7 Å². The van der Waals surface area contributed by atoms with Gasteiger partial charge < -0.3 is 10.0 Å². The first-order valence-electron chi connectivity index (χ1n) is 6.09. The quantitative estimate of drug-likeness (QED) is 0.927. The zero-order valence-corrected chi connectivity index (χ0v) is 13.0. The second-order valence-corrected chi connectivity index (χ2v) is 5.91. The van der Waals surface area contributed by atoms with Crippen LogP contribution in [0.1, 0.15) is 33.9 Å². The Labute approximate surface area is 126 Å². The lowest BCUT2D eigenvalue weighted by Crippen LogP contribution is -2.21. The molecule has 0 fully saturated rings. The SMILES string of the molecule is Cc1nc(N(C)C(C)c2ccccc2Cl)sc1C(=O)O. The van der Waals surface area contributed by atoms with Crippen molar-refractivity contribution in [3.8, 4) is 0 Å². The lowest BCUT2D eigenvalue weighted by molar-refractivity contribution is 0.0701. The van der Waals surface area contributed by atoms with Crippen molar-refractivity contribution < 1.29 is 9.90 Å².